The summed E-state index contributed by atoms with van der Waals surface area (Å²) in [6.45, 7) is 0. The number of aromatic nitrogens is 1. The highest BCUT2D eigenvalue weighted by molar-refractivity contribution is 5.47. The molecule has 0 spiro atoms. The number of aliphatic hydroxyl groups is 1. The van der Waals surface area contributed by atoms with Gasteiger partial charge in [0.1, 0.15) is 0 Å². The fourth-order valence-electron chi connectivity index (χ4n) is 4.72. The molecule has 1 aliphatic carbocycles. The number of pyridine rings is 1. The highest BCUT2D eigenvalue weighted by Crippen LogP contribution is 2.50. The molecule has 204 valence electrons. The van der Waals surface area contributed by atoms with Crippen LogP contribution in [0, 0.1) is 0 Å². The number of methoxy groups -OCH3 is 1. The Kier molecular flexibility index (Phi) is 7.52. The fraction of sp³-hybridized carbons (Fsp3) is 0.393. The molecule has 10 heteroatoms. The van der Waals surface area contributed by atoms with Crippen molar-refractivity contribution in [3.05, 3.63) is 89.2 Å². The van der Waals surface area contributed by atoms with Crippen molar-refractivity contribution < 1.29 is 42.3 Å². The van der Waals surface area contributed by atoms with Crippen LogP contribution in [0.5, 0.6) is 11.5 Å². The molecular weight excluding hydrogens is 512 g/mol. The van der Waals surface area contributed by atoms with Crippen molar-refractivity contribution in [2.24, 2.45) is 0 Å². The number of rotatable bonds is 8. The van der Waals surface area contributed by atoms with Gasteiger partial charge in [-0.15, -0.1) is 0 Å². The second-order valence-corrected chi connectivity index (χ2v) is 9.29. The molecule has 1 saturated carbocycles. The fourth-order valence-corrected chi connectivity index (χ4v) is 4.72. The SMILES string of the molecule is [3H]c1cc(OC)c(OC2CCCC2)cc1[C@H](Cc1ccncc1)c1ccc(C(O)(C(F)(F)F)C(F)(F)F)cc1. The maximum absolute atomic E-state index is 13.4. The Labute approximate surface area is 217 Å². The summed E-state index contributed by atoms with van der Waals surface area (Å²) < 4.78 is 101. The van der Waals surface area contributed by atoms with E-state index in [4.69, 9.17) is 10.8 Å². The Morgan fingerprint density at radius 2 is 1.53 bits per heavy atom. The predicted octanol–water partition coefficient (Wildman–Crippen LogP) is 7.10. The molecule has 0 saturated heterocycles. The lowest BCUT2D eigenvalue weighted by atomic mass is 9.84. The standard InChI is InChI=1S/C28H27F6NO3/c1-37-24-11-8-20(17-25(24)38-22-4-2-3-5-22)23(16-18-12-14-35-15-13-18)19-6-9-21(10-7-19)26(36,27(29,30)31)28(32,33)34/h6-15,17,22-23,36H,2-5,16H2,1H3/t23-/m1/s1/i8T. The van der Waals surface area contributed by atoms with E-state index < -0.39 is 29.4 Å². The second kappa shape index (κ2) is 10.8. The largest absolute Gasteiger partial charge is 0.493 e. The minimum atomic E-state index is -5.99. The van der Waals surface area contributed by atoms with E-state index in [0.717, 1.165) is 43.4 Å². The number of hydrogen-bond acceptors (Lipinski definition) is 4. The zero-order valence-corrected chi connectivity index (χ0v) is 20.4. The summed E-state index contributed by atoms with van der Waals surface area (Å²) in [4.78, 5) is 3.98. The Bertz CT molecular complexity index is 1250. The molecule has 0 radical (unpaired) electrons. The minimum absolute atomic E-state index is 0.0244. The molecule has 0 aliphatic heterocycles. The lowest BCUT2D eigenvalue weighted by Crippen LogP contribution is -2.53. The average molecular weight is 542 g/mol. The summed E-state index contributed by atoms with van der Waals surface area (Å²) >= 11 is 0. The Morgan fingerprint density at radius 1 is 0.921 bits per heavy atom. The van der Waals surface area contributed by atoms with Crippen LogP contribution >= 0.6 is 0 Å². The molecule has 0 amide bonds. The van der Waals surface area contributed by atoms with Gasteiger partial charge in [-0.1, -0.05) is 30.3 Å². The molecule has 1 N–H and O–H groups in total. The van der Waals surface area contributed by atoms with Gasteiger partial charge in [-0.2, -0.15) is 26.3 Å². The maximum Gasteiger partial charge on any atom is 0.430 e. The lowest BCUT2D eigenvalue weighted by molar-refractivity contribution is -0.376. The van der Waals surface area contributed by atoms with Crippen molar-refractivity contribution >= 4 is 0 Å². The van der Waals surface area contributed by atoms with Crippen molar-refractivity contribution in [1.82, 2.24) is 4.98 Å². The molecule has 4 rings (SSSR count). The van der Waals surface area contributed by atoms with E-state index in [2.05, 4.69) is 4.98 Å². The van der Waals surface area contributed by atoms with Gasteiger partial charge in [-0.25, -0.2) is 0 Å². The van der Waals surface area contributed by atoms with Crippen LogP contribution in [0.15, 0.2) is 67.0 Å². The molecule has 38 heavy (non-hydrogen) atoms. The van der Waals surface area contributed by atoms with Crippen LogP contribution < -0.4 is 9.47 Å². The zero-order valence-electron chi connectivity index (χ0n) is 21.4. The van der Waals surface area contributed by atoms with Crippen molar-refractivity contribution in [1.29, 1.82) is 0 Å². The first-order chi connectivity index (χ1) is 18.3. The molecule has 0 bridgehead atoms. The van der Waals surface area contributed by atoms with Crippen LogP contribution in [0.25, 0.3) is 0 Å². The van der Waals surface area contributed by atoms with Crippen LogP contribution in [-0.2, 0) is 12.0 Å². The molecule has 4 nitrogen and oxygen atoms in total. The number of benzene rings is 2. The van der Waals surface area contributed by atoms with Crippen LogP contribution in [0.4, 0.5) is 26.3 Å². The minimum Gasteiger partial charge on any atom is -0.493 e. The van der Waals surface area contributed by atoms with Crippen molar-refractivity contribution in [3.8, 4) is 11.5 Å². The number of halogens is 6. The summed E-state index contributed by atoms with van der Waals surface area (Å²) in [6, 6.07) is 10.2. The van der Waals surface area contributed by atoms with E-state index in [9.17, 15) is 31.4 Å². The van der Waals surface area contributed by atoms with E-state index in [-0.39, 0.29) is 18.6 Å². The molecule has 1 fully saturated rings. The van der Waals surface area contributed by atoms with E-state index in [1.165, 1.54) is 13.2 Å². The summed E-state index contributed by atoms with van der Waals surface area (Å²) in [7, 11) is 1.45. The summed E-state index contributed by atoms with van der Waals surface area (Å²) in [6.07, 6.45) is -4.83. The molecule has 1 aliphatic rings. The first kappa shape index (κ1) is 26.3. The van der Waals surface area contributed by atoms with Gasteiger partial charge in [0.15, 0.2) is 11.5 Å². The van der Waals surface area contributed by atoms with Gasteiger partial charge in [0.05, 0.1) is 14.6 Å². The van der Waals surface area contributed by atoms with Crippen molar-refractivity contribution in [3.63, 3.8) is 0 Å². The molecule has 1 atom stereocenters. The summed E-state index contributed by atoms with van der Waals surface area (Å²) in [5, 5.41) is 9.79. The van der Waals surface area contributed by atoms with Gasteiger partial charge in [0.2, 0.25) is 0 Å². The third-order valence-electron chi connectivity index (χ3n) is 6.83. The lowest BCUT2D eigenvalue weighted by Gasteiger charge is -2.33. The van der Waals surface area contributed by atoms with Crippen LogP contribution in [-0.4, -0.2) is 35.7 Å². The maximum atomic E-state index is 13.4. The van der Waals surface area contributed by atoms with E-state index >= 15 is 0 Å². The van der Waals surface area contributed by atoms with E-state index in [1.54, 1.807) is 30.6 Å². The van der Waals surface area contributed by atoms with Crippen LogP contribution in [0.1, 0.15) is 55.2 Å². The third kappa shape index (κ3) is 5.60. The highest BCUT2D eigenvalue weighted by atomic mass is 19.4. The zero-order chi connectivity index (χ0) is 28.4. The average Bonchev–Trinajstić information content (AvgIpc) is 3.40. The number of ether oxygens (including phenoxy) is 2. The van der Waals surface area contributed by atoms with Crippen LogP contribution in [0.2, 0.25) is 0 Å². The van der Waals surface area contributed by atoms with Gasteiger partial charge < -0.3 is 14.6 Å². The predicted molar refractivity (Wildman–Crippen MR) is 128 cm³/mol. The first-order valence-electron chi connectivity index (χ1n) is 12.6. The van der Waals surface area contributed by atoms with Gasteiger partial charge in [-0.3, -0.25) is 4.98 Å². The smallest absolute Gasteiger partial charge is 0.430 e. The van der Waals surface area contributed by atoms with Crippen molar-refractivity contribution in [2.45, 2.75) is 62.1 Å². The second-order valence-electron chi connectivity index (χ2n) is 9.29. The molecule has 1 aromatic heterocycles. The van der Waals surface area contributed by atoms with Gasteiger partial charge in [0, 0.05) is 23.9 Å². The van der Waals surface area contributed by atoms with Gasteiger partial charge in [0.25, 0.3) is 5.60 Å². The quantitative estimate of drug-likeness (QED) is 0.309. The van der Waals surface area contributed by atoms with Gasteiger partial charge >= 0.3 is 12.4 Å². The molecule has 2 aromatic carbocycles. The Morgan fingerprint density at radius 3 is 2.08 bits per heavy atom. The Balaban J connectivity index is 1.79. The highest BCUT2D eigenvalue weighted by Gasteiger charge is 2.71. The summed E-state index contributed by atoms with van der Waals surface area (Å²) in [5.41, 5.74) is -4.78. The number of nitrogens with zero attached hydrogens (tertiary/aromatic N) is 1. The molecule has 1 heterocycles. The number of alkyl halides is 6. The Hall–Kier alpha value is -3.27. The topological polar surface area (TPSA) is 51.6 Å². The first-order valence-corrected chi connectivity index (χ1v) is 12.1. The third-order valence-corrected chi connectivity index (χ3v) is 6.83. The number of hydrogen-bond donors (Lipinski definition) is 1. The van der Waals surface area contributed by atoms with Crippen LogP contribution in [0.3, 0.4) is 0 Å². The van der Waals surface area contributed by atoms with Crippen molar-refractivity contribution in [2.75, 3.05) is 7.11 Å². The molecule has 0 unspecified atom stereocenters. The van der Waals surface area contributed by atoms with E-state index in [0.29, 0.717) is 34.8 Å². The normalized spacial score (nSPS) is 16.3. The molecular formula is C28H27F6NO3. The van der Waals surface area contributed by atoms with Gasteiger partial charge in [-0.05, 0) is 73.1 Å². The monoisotopic (exact) mass is 541 g/mol. The molecule has 3 aromatic rings. The van der Waals surface area contributed by atoms with E-state index in [1.807, 2.05) is 0 Å². The summed E-state index contributed by atoms with van der Waals surface area (Å²) in [5.74, 6) is 0.125.